The number of benzene rings is 2. The number of carbonyl (C=O) groups excluding carboxylic acids is 2. The third kappa shape index (κ3) is 2.28. The summed E-state index contributed by atoms with van der Waals surface area (Å²) in [7, 11) is 0. The molecule has 20 heavy (non-hydrogen) atoms. The number of carbonyl (C=O) groups is 2. The number of amides is 3. The summed E-state index contributed by atoms with van der Waals surface area (Å²) >= 11 is 0. The predicted octanol–water partition coefficient (Wildman–Crippen LogP) is 2.54. The van der Waals surface area contributed by atoms with Crippen LogP contribution in [0.2, 0.25) is 0 Å². The topological polar surface area (TPSA) is 58.2 Å². The summed E-state index contributed by atoms with van der Waals surface area (Å²) in [6, 6.07) is 14.8. The average Bonchev–Trinajstić information content (AvgIpc) is 2.79. The second-order valence-corrected chi connectivity index (χ2v) is 4.89. The van der Waals surface area contributed by atoms with Crippen molar-refractivity contribution in [2.75, 3.05) is 0 Å². The van der Waals surface area contributed by atoms with E-state index in [0.29, 0.717) is 0 Å². The lowest BCUT2D eigenvalue weighted by atomic mass is 9.99. The van der Waals surface area contributed by atoms with Gasteiger partial charge in [-0.2, -0.15) is 0 Å². The Morgan fingerprint density at radius 2 is 1.70 bits per heavy atom. The molecule has 1 atom stereocenters. The fraction of sp³-hybridized carbons (Fsp3) is 0.125. The van der Waals surface area contributed by atoms with Crippen molar-refractivity contribution in [3.63, 3.8) is 0 Å². The standard InChI is InChI=1S/C16H14N2O2/c1-10-5-7-11(8-6-10)12-3-2-4-13(9-12)14-15(19)18-16(20)17-14/h2-9,14H,1H3,(H2,17,18,19,20). The van der Waals surface area contributed by atoms with Crippen LogP contribution in [0.25, 0.3) is 11.1 Å². The first-order valence-electron chi connectivity index (χ1n) is 6.42. The second-order valence-electron chi connectivity index (χ2n) is 4.89. The lowest BCUT2D eigenvalue weighted by Crippen LogP contribution is -2.22. The van der Waals surface area contributed by atoms with Crippen molar-refractivity contribution < 1.29 is 9.59 Å². The summed E-state index contributed by atoms with van der Waals surface area (Å²) < 4.78 is 0. The average molecular weight is 266 g/mol. The number of imide groups is 1. The molecule has 1 unspecified atom stereocenters. The molecule has 0 aromatic heterocycles. The maximum Gasteiger partial charge on any atom is 0.322 e. The number of urea groups is 1. The molecular weight excluding hydrogens is 252 g/mol. The highest BCUT2D eigenvalue weighted by Gasteiger charge is 2.30. The van der Waals surface area contributed by atoms with Crippen LogP contribution >= 0.6 is 0 Å². The largest absolute Gasteiger partial charge is 0.322 e. The van der Waals surface area contributed by atoms with E-state index in [0.717, 1.165) is 16.7 Å². The molecule has 2 N–H and O–H groups in total. The molecule has 0 saturated carbocycles. The highest BCUT2D eigenvalue weighted by atomic mass is 16.2. The maximum absolute atomic E-state index is 11.7. The van der Waals surface area contributed by atoms with Crippen LogP contribution in [-0.4, -0.2) is 11.9 Å². The van der Waals surface area contributed by atoms with Crippen molar-refractivity contribution in [3.05, 3.63) is 59.7 Å². The lowest BCUT2D eigenvalue weighted by molar-refractivity contribution is -0.120. The molecule has 100 valence electrons. The first kappa shape index (κ1) is 12.4. The molecule has 3 rings (SSSR count). The maximum atomic E-state index is 11.7. The van der Waals surface area contributed by atoms with Crippen molar-refractivity contribution in [1.82, 2.24) is 10.6 Å². The van der Waals surface area contributed by atoms with Crippen LogP contribution in [0.1, 0.15) is 17.2 Å². The number of hydrogen-bond acceptors (Lipinski definition) is 2. The van der Waals surface area contributed by atoms with Crippen molar-refractivity contribution >= 4 is 11.9 Å². The van der Waals surface area contributed by atoms with Gasteiger partial charge in [0.05, 0.1) is 0 Å². The SMILES string of the molecule is Cc1ccc(-c2cccc(C3NC(=O)NC3=O)c2)cc1. The van der Waals surface area contributed by atoms with E-state index in [2.05, 4.69) is 10.6 Å². The van der Waals surface area contributed by atoms with E-state index in [1.165, 1.54) is 5.56 Å². The molecule has 1 heterocycles. The minimum Gasteiger partial charge on any atom is -0.322 e. The van der Waals surface area contributed by atoms with Crippen molar-refractivity contribution in [1.29, 1.82) is 0 Å². The Balaban J connectivity index is 1.95. The Labute approximate surface area is 116 Å². The molecule has 0 radical (unpaired) electrons. The van der Waals surface area contributed by atoms with Gasteiger partial charge in [0.25, 0.3) is 5.91 Å². The Hall–Kier alpha value is -2.62. The molecule has 0 spiro atoms. The lowest BCUT2D eigenvalue weighted by Gasteiger charge is -2.10. The van der Waals surface area contributed by atoms with Gasteiger partial charge in [0.2, 0.25) is 0 Å². The molecule has 1 fully saturated rings. The molecule has 1 saturated heterocycles. The summed E-state index contributed by atoms with van der Waals surface area (Å²) in [5, 5.41) is 4.85. The molecule has 0 bridgehead atoms. The molecule has 1 aliphatic heterocycles. The third-order valence-corrected chi connectivity index (χ3v) is 3.38. The van der Waals surface area contributed by atoms with E-state index in [9.17, 15) is 9.59 Å². The molecule has 4 heteroatoms. The zero-order chi connectivity index (χ0) is 14.1. The van der Waals surface area contributed by atoms with E-state index in [1.807, 2.05) is 55.5 Å². The van der Waals surface area contributed by atoms with E-state index in [-0.39, 0.29) is 5.91 Å². The summed E-state index contributed by atoms with van der Waals surface area (Å²) in [6.07, 6.45) is 0. The van der Waals surface area contributed by atoms with Crippen molar-refractivity contribution in [2.24, 2.45) is 0 Å². The van der Waals surface area contributed by atoms with Crippen LogP contribution in [-0.2, 0) is 4.79 Å². The highest BCUT2D eigenvalue weighted by Crippen LogP contribution is 2.24. The molecule has 2 aromatic rings. The number of hydrogen-bond donors (Lipinski definition) is 2. The van der Waals surface area contributed by atoms with Gasteiger partial charge in [-0.15, -0.1) is 0 Å². The zero-order valence-electron chi connectivity index (χ0n) is 11.0. The van der Waals surface area contributed by atoms with Gasteiger partial charge < -0.3 is 5.32 Å². The number of rotatable bonds is 2. The molecular formula is C16H14N2O2. The fourth-order valence-electron chi connectivity index (χ4n) is 2.30. The van der Waals surface area contributed by atoms with Crippen LogP contribution < -0.4 is 10.6 Å². The summed E-state index contributed by atoms with van der Waals surface area (Å²) in [4.78, 5) is 22.9. The Kier molecular flexibility index (Phi) is 2.99. The summed E-state index contributed by atoms with van der Waals surface area (Å²) in [5.41, 5.74) is 4.09. The quantitative estimate of drug-likeness (QED) is 0.821. The van der Waals surface area contributed by atoms with Crippen LogP contribution in [0.5, 0.6) is 0 Å². The van der Waals surface area contributed by atoms with Crippen LogP contribution in [0.15, 0.2) is 48.5 Å². The third-order valence-electron chi connectivity index (χ3n) is 3.38. The molecule has 4 nitrogen and oxygen atoms in total. The Bertz CT molecular complexity index is 677. The molecule has 0 aliphatic carbocycles. The van der Waals surface area contributed by atoms with Crippen LogP contribution in [0.3, 0.4) is 0 Å². The second kappa shape index (κ2) is 4.81. The first-order valence-corrected chi connectivity index (χ1v) is 6.42. The monoisotopic (exact) mass is 266 g/mol. The number of aryl methyl sites for hydroxylation is 1. The van der Waals surface area contributed by atoms with Gasteiger partial charge in [-0.1, -0.05) is 48.0 Å². The van der Waals surface area contributed by atoms with Gasteiger partial charge in [-0.05, 0) is 29.7 Å². The first-order chi connectivity index (χ1) is 9.63. The fourth-order valence-corrected chi connectivity index (χ4v) is 2.30. The van der Waals surface area contributed by atoms with Crippen molar-refractivity contribution in [2.45, 2.75) is 13.0 Å². The van der Waals surface area contributed by atoms with E-state index < -0.39 is 12.1 Å². The van der Waals surface area contributed by atoms with Gasteiger partial charge in [0.15, 0.2) is 0 Å². The van der Waals surface area contributed by atoms with Crippen molar-refractivity contribution in [3.8, 4) is 11.1 Å². The smallest absolute Gasteiger partial charge is 0.322 e. The minimum atomic E-state index is -0.604. The zero-order valence-corrected chi connectivity index (χ0v) is 11.0. The van der Waals surface area contributed by atoms with Gasteiger partial charge in [0.1, 0.15) is 6.04 Å². The van der Waals surface area contributed by atoms with Crippen LogP contribution in [0, 0.1) is 6.92 Å². The number of nitrogens with one attached hydrogen (secondary N) is 2. The Morgan fingerprint density at radius 1 is 0.950 bits per heavy atom. The van der Waals surface area contributed by atoms with Crippen LogP contribution in [0.4, 0.5) is 4.79 Å². The minimum absolute atomic E-state index is 0.309. The summed E-state index contributed by atoms with van der Waals surface area (Å²) in [6.45, 7) is 2.04. The predicted molar refractivity (Wildman–Crippen MR) is 76.0 cm³/mol. The van der Waals surface area contributed by atoms with E-state index in [1.54, 1.807) is 0 Å². The molecule has 1 aliphatic rings. The summed E-state index contributed by atoms with van der Waals surface area (Å²) in [5.74, 6) is -0.309. The van der Waals surface area contributed by atoms with Gasteiger partial charge in [-0.25, -0.2) is 4.79 Å². The van der Waals surface area contributed by atoms with Gasteiger partial charge in [0, 0.05) is 0 Å². The van der Waals surface area contributed by atoms with Gasteiger partial charge >= 0.3 is 6.03 Å². The van der Waals surface area contributed by atoms with E-state index in [4.69, 9.17) is 0 Å². The normalized spacial score (nSPS) is 17.8. The Morgan fingerprint density at radius 3 is 2.35 bits per heavy atom. The highest BCUT2D eigenvalue weighted by molar-refractivity contribution is 6.04. The molecule has 2 aromatic carbocycles. The molecule has 3 amide bonds. The van der Waals surface area contributed by atoms with E-state index >= 15 is 0 Å². The van der Waals surface area contributed by atoms with Gasteiger partial charge in [-0.3, -0.25) is 10.1 Å².